The molecule has 2 aromatic rings. The zero-order valence-corrected chi connectivity index (χ0v) is 13.3. The lowest BCUT2D eigenvalue weighted by molar-refractivity contribution is -0.698. The van der Waals surface area contributed by atoms with Crippen LogP contribution in [0, 0.1) is 0 Å². The molecule has 0 saturated heterocycles. The second kappa shape index (κ2) is 7.36. The summed E-state index contributed by atoms with van der Waals surface area (Å²) >= 11 is 0. The molecule has 2 rings (SSSR count). The molecule has 2 N–H and O–H groups in total. The van der Waals surface area contributed by atoms with Gasteiger partial charge < -0.3 is 5.32 Å². The number of fused-ring (bicyclic) bond motifs is 1. The van der Waals surface area contributed by atoms with Gasteiger partial charge in [0, 0.05) is 13.0 Å². The highest BCUT2D eigenvalue weighted by Gasteiger charge is 2.20. The first-order chi connectivity index (χ1) is 10.2. The van der Waals surface area contributed by atoms with Crippen LogP contribution in [0.3, 0.4) is 0 Å². The van der Waals surface area contributed by atoms with E-state index in [-0.39, 0.29) is 11.6 Å². The summed E-state index contributed by atoms with van der Waals surface area (Å²) in [5, 5.41) is 3.04. The Bertz CT molecular complexity index is 648. The molecule has 0 unspecified atom stereocenters. The summed E-state index contributed by atoms with van der Waals surface area (Å²) < 4.78 is 1.83. The number of hydrogen-bond donors (Lipinski definition) is 1. The SMILES string of the molecule is CCCC[NH2+][C@H](CC)c1nc2ccccc2c(=O)n1CC. The first-order valence-corrected chi connectivity index (χ1v) is 8.05. The third-order valence-corrected chi connectivity index (χ3v) is 3.99. The van der Waals surface area contributed by atoms with Crippen molar-refractivity contribution in [3.63, 3.8) is 0 Å². The minimum absolute atomic E-state index is 0.0837. The zero-order valence-electron chi connectivity index (χ0n) is 13.3. The van der Waals surface area contributed by atoms with Gasteiger partial charge in [-0.05, 0) is 25.5 Å². The topological polar surface area (TPSA) is 51.5 Å². The number of aromatic nitrogens is 2. The first kappa shape index (κ1) is 15.7. The van der Waals surface area contributed by atoms with E-state index in [0.717, 1.165) is 24.3 Å². The van der Waals surface area contributed by atoms with E-state index >= 15 is 0 Å². The van der Waals surface area contributed by atoms with E-state index in [1.165, 1.54) is 12.8 Å². The molecule has 0 amide bonds. The average molecular weight is 288 g/mol. The molecule has 0 aliphatic heterocycles. The number of para-hydroxylation sites is 1. The summed E-state index contributed by atoms with van der Waals surface area (Å²) in [7, 11) is 0. The van der Waals surface area contributed by atoms with Crippen LogP contribution in [0.15, 0.2) is 29.1 Å². The quantitative estimate of drug-likeness (QED) is 0.794. The van der Waals surface area contributed by atoms with Crippen molar-refractivity contribution in [2.75, 3.05) is 6.54 Å². The lowest BCUT2D eigenvalue weighted by Gasteiger charge is -2.18. The van der Waals surface area contributed by atoms with Gasteiger partial charge in [-0.1, -0.05) is 32.4 Å². The van der Waals surface area contributed by atoms with Crippen LogP contribution in [0.25, 0.3) is 10.9 Å². The summed E-state index contributed by atoms with van der Waals surface area (Å²) in [4.78, 5) is 17.4. The van der Waals surface area contributed by atoms with Gasteiger partial charge in [0.25, 0.3) is 5.56 Å². The Morgan fingerprint density at radius 2 is 2.00 bits per heavy atom. The van der Waals surface area contributed by atoms with Crippen molar-refractivity contribution in [3.8, 4) is 0 Å². The summed E-state index contributed by atoms with van der Waals surface area (Å²) in [6.45, 7) is 8.13. The smallest absolute Gasteiger partial charge is 0.261 e. The second-order valence-electron chi connectivity index (χ2n) is 5.43. The van der Waals surface area contributed by atoms with E-state index < -0.39 is 0 Å². The van der Waals surface area contributed by atoms with Gasteiger partial charge in [-0.3, -0.25) is 9.36 Å². The fraction of sp³-hybridized carbons (Fsp3) is 0.529. The number of nitrogens with two attached hydrogens (primary N) is 1. The highest BCUT2D eigenvalue weighted by atomic mass is 16.1. The van der Waals surface area contributed by atoms with E-state index in [1.807, 2.05) is 35.8 Å². The van der Waals surface area contributed by atoms with Crippen LogP contribution in [0.5, 0.6) is 0 Å². The van der Waals surface area contributed by atoms with Crippen molar-refractivity contribution in [2.24, 2.45) is 0 Å². The molecule has 0 fully saturated rings. The molecule has 0 radical (unpaired) electrons. The minimum atomic E-state index is 0.0837. The van der Waals surface area contributed by atoms with Crippen LogP contribution in [0.2, 0.25) is 0 Å². The highest BCUT2D eigenvalue weighted by Crippen LogP contribution is 2.13. The molecule has 4 nitrogen and oxygen atoms in total. The van der Waals surface area contributed by atoms with Crippen molar-refractivity contribution in [1.29, 1.82) is 0 Å². The Labute approximate surface area is 126 Å². The fourth-order valence-electron chi connectivity index (χ4n) is 2.75. The molecule has 114 valence electrons. The van der Waals surface area contributed by atoms with Gasteiger partial charge in [-0.25, -0.2) is 4.98 Å². The monoisotopic (exact) mass is 288 g/mol. The van der Waals surface area contributed by atoms with E-state index in [0.29, 0.717) is 11.9 Å². The summed E-state index contributed by atoms with van der Waals surface area (Å²) in [6.07, 6.45) is 3.37. The van der Waals surface area contributed by atoms with E-state index in [2.05, 4.69) is 19.2 Å². The number of benzene rings is 1. The van der Waals surface area contributed by atoms with Crippen molar-refractivity contribution < 1.29 is 5.32 Å². The minimum Gasteiger partial charge on any atom is -0.338 e. The second-order valence-corrected chi connectivity index (χ2v) is 5.43. The van der Waals surface area contributed by atoms with Gasteiger partial charge >= 0.3 is 0 Å². The van der Waals surface area contributed by atoms with Gasteiger partial charge in [0.15, 0.2) is 5.82 Å². The molecule has 21 heavy (non-hydrogen) atoms. The molecule has 0 aliphatic rings. The molecule has 4 heteroatoms. The van der Waals surface area contributed by atoms with Crippen LogP contribution < -0.4 is 10.9 Å². The van der Waals surface area contributed by atoms with Gasteiger partial charge in [-0.2, -0.15) is 0 Å². The molecular formula is C17H26N3O+. The molecule has 0 aliphatic carbocycles. The van der Waals surface area contributed by atoms with Crippen molar-refractivity contribution in [2.45, 2.75) is 52.6 Å². The first-order valence-electron chi connectivity index (χ1n) is 8.05. The Balaban J connectivity index is 2.48. The zero-order chi connectivity index (χ0) is 15.2. The van der Waals surface area contributed by atoms with E-state index in [4.69, 9.17) is 4.98 Å². The largest absolute Gasteiger partial charge is 0.338 e. The third-order valence-electron chi connectivity index (χ3n) is 3.99. The van der Waals surface area contributed by atoms with Gasteiger partial charge in [0.05, 0.1) is 17.4 Å². The fourth-order valence-corrected chi connectivity index (χ4v) is 2.75. The average Bonchev–Trinajstić information content (AvgIpc) is 2.52. The predicted molar refractivity (Wildman–Crippen MR) is 86.4 cm³/mol. The number of nitrogens with zero attached hydrogens (tertiary/aromatic N) is 2. The van der Waals surface area contributed by atoms with Crippen molar-refractivity contribution in [3.05, 3.63) is 40.4 Å². The van der Waals surface area contributed by atoms with E-state index in [9.17, 15) is 4.79 Å². The number of unbranched alkanes of at least 4 members (excludes halogenated alkanes) is 1. The Kier molecular flexibility index (Phi) is 5.51. The molecule has 1 aromatic heterocycles. The summed E-state index contributed by atoms with van der Waals surface area (Å²) in [6, 6.07) is 7.89. The maximum atomic E-state index is 12.6. The lowest BCUT2D eigenvalue weighted by Crippen LogP contribution is -2.85. The number of quaternary nitrogens is 1. The van der Waals surface area contributed by atoms with Crippen LogP contribution >= 0.6 is 0 Å². The van der Waals surface area contributed by atoms with Gasteiger partial charge in [0.1, 0.15) is 6.04 Å². The molecule has 0 spiro atoms. The van der Waals surface area contributed by atoms with Crippen molar-refractivity contribution >= 4 is 10.9 Å². The third kappa shape index (κ3) is 3.32. The van der Waals surface area contributed by atoms with Crippen molar-refractivity contribution in [1.82, 2.24) is 9.55 Å². The molecule has 0 saturated carbocycles. The predicted octanol–water partition coefficient (Wildman–Crippen LogP) is 2.23. The number of hydrogen-bond acceptors (Lipinski definition) is 2. The van der Waals surface area contributed by atoms with Crippen LogP contribution in [0.4, 0.5) is 0 Å². The lowest BCUT2D eigenvalue weighted by atomic mass is 10.1. The molecule has 0 bridgehead atoms. The van der Waals surface area contributed by atoms with E-state index in [1.54, 1.807) is 0 Å². The summed E-state index contributed by atoms with van der Waals surface area (Å²) in [5.41, 5.74) is 0.894. The van der Waals surface area contributed by atoms with Crippen LogP contribution in [-0.2, 0) is 6.54 Å². The molecular weight excluding hydrogens is 262 g/mol. The van der Waals surface area contributed by atoms with Gasteiger partial charge in [0.2, 0.25) is 0 Å². The Hall–Kier alpha value is -1.68. The number of rotatable bonds is 7. The standard InChI is InChI=1S/C17H25N3O/c1-4-7-12-18-14(5-2)16-19-15-11-9-8-10-13(15)17(21)20(16)6-3/h8-11,14,18H,4-7,12H2,1-3H3/p+1/t14-/m1/s1. The molecule has 1 atom stereocenters. The van der Waals surface area contributed by atoms with Crippen LogP contribution in [0.1, 0.15) is 51.9 Å². The molecule has 1 aromatic carbocycles. The maximum Gasteiger partial charge on any atom is 0.261 e. The normalized spacial score (nSPS) is 12.7. The molecule has 1 heterocycles. The van der Waals surface area contributed by atoms with Crippen LogP contribution in [-0.4, -0.2) is 16.1 Å². The Morgan fingerprint density at radius 1 is 1.24 bits per heavy atom. The maximum absolute atomic E-state index is 12.6. The highest BCUT2D eigenvalue weighted by molar-refractivity contribution is 5.77. The Morgan fingerprint density at radius 3 is 2.67 bits per heavy atom. The van der Waals surface area contributed by atoms with Gasteiger partial charge in [-0.15, -0.1) is 0 Å². The summed E-state index contributed by atoms with van der Waals surface area (Å²) in [5.74, 6) is 0.916.